The molecule has 1 heterocycles. The lowest BCUT2D eigenvalue weighted by atomic mass is 10.3. The number of pyridine rings is 1. The Labute approximate surface area is 131 Å². The monoisotopic (exact) mass is 321 g/mol. The lowest BCUT2D eigenvalue weighted by Gasteiger charge is -2.14. The van der Waals surface area contributed by atoms with Crippen molar-refractivity contribution in [3.05, 3.63) is 52.9 Å². The van der Waals surface area contributed by atoms with E-state index in [1.165, 1.54) is 36.5 Å². The van der Waals surface area contributed by atoms with Crippen LogP contribution in [0.2, 0.25) is 5.02 Å². The normalized spacial score (nSPS) is 11.5. The molecular formula is C15H13ClFN3O2. The van der Waals surface area contributed by atoms with Crippen molar-refractivity contribution in [1.29, 1.82) is 5.26 Å². The minimum Gasteiger partial charge on any atom is -0.491 e. The van der Waals surface area contributed by atoms with Crippen LogP contribution in [0.4, 0.5) is 10.2 Å². The first-order chi connectivity index (χ1) is 10.6. The van der Waals surface area contributed by atoms with E-state index in [1.54, 1.807) is 0 Å². The van der Waals surface area contributed by atoms with Gasteiger partial charge in [-0.3, -0.25) is 0 Å². The fraction of sp³-hybridized carbons (Fsp3) is 0.200. The van der Waals surface area contributed by atoms with Crippen molar-refractivity contribution in [2.75, 3.05) is 18.5 Å². The number of hydrogen-bond acceptors (Lipinski definition) is 5. The zero-order chi connectivity index (χ0) is 15.9. The summed E-state index contributed by atoms with van der Waals surface area (Å²) in [7, 11) is 0. The van der Waals surface area contributed by atoms with Gasteiger partial charge in [-0.05, 0) is 30.3 Å². The summed E-state index contributed by atoms with van der Waals surface area (Å²) in [4.78, 5) is 3.99. The zero-order valence-electron chi connectivity index (χ0n) is 11.5. The molecule has 1 aromatic heterocycles. The molecule has 0 amide bonds. The third-order valence-corrected chi connectivity index (χ3v) is 3.02. The summed E-state index contributed by atoms with van der Waals surface area (Å²) in [6.07, 6.45) is 0.578. The topological polar surface area (TPSA) is 78.2 Å². The Morgan fingerprint density at radius 3 is 2.77 bits per heavy atom. The highest BCUT2D eigenvalue weighted by molar-refractivity contribution is 6.33. The predicted molar refractivity (Wildman–Crippen MR) is 80.4 cm³/mol. The first kappa shape index (κ1) is 16.0. The van der Waals surface area contributed by atoms with Gasteiger partial charge < -0.3 is 15.2 Å². The highest BCUT2D eigenvalue weighted by atomic mass is 35.5. The number of nitriles is 1. The molecule has 7 heteroatoms. The van der Waals surface area contributed by atoms with Crippen molar-refractivity contribution in [2.24, 2.45) is 0 Å². The lowest BCUT2D eigenvalue weighted by Crippen LogP contribution is -2.26. The highest BCUT2D eigenvalue weighted by Gasteiger charge is 2.08. The molecule has 0 saturated heterocycles. The maximum atomic E-state index is 12.7. The van der Waals surface area contributed by atoms with Gasteiger partial charge in [0.15, 0.2) is 0 Å². The van der Waals surface area contributed by atoms with Crippen LogP contribution in [0.25, 0.3) is 0 Å². The summed E-state index contributed by atoms with van der Waals surface area (Å²) in [5.41, 5.74) is 0.357. The molecule has 1 unspecified atom stereocenters. The zero-order valence-corrected chi connectivity index (χ0v) is 12.2. The van der Waals surface area contributed by atoms with Crippen molar-refractivity contribution in [3.8, 4) is 11.8 Å². The molecule has 0 spiro atoms. The van der Waals surface area contributed by atoms with Crippen LogP contribution in [0.5, 0.6) is 5.75 Å². The van der Waals surface area contributed by atoms with Gasteiger partial charge in [-0.15, -0.1) is 0 Å². The number of nitrogens with zero attached hydrogens (tertiary/aromatic N) is 2. The van der Waals surface area contributed by atoms with Crippen LogP contribution in [0, 0.1) is 17.1 Å². The van der Waals surface area contributed by atoms with Gasteiger partial charge in [0, 0.05) is 12.7 Å². The summed E-state index contributed by atoms with van der Waals surface area (Å²) < 4.78 is 18.1. The second-order valence-corrected chi connectivity index (χ2v) is 4.87. The Kier molecular flexibility index (Phi) is 5.53. The van der Waals surface area contributed by atoms with Crippen molar-refractivity contribution in [2.45, 2.75) is 6.10 Å². The van der Waals surface area contributed by atoms with Gasteiger partial charge in [-0.25, -0.2) is 9.37 Å². The SMILES string of the molecule is N#Cc1cnc(NCC(O)COc2ccc(F)cc2)c(Cl)c1. The Balaban J connectivity index is 1.81. The van der Waals surface area contributed by atoms with Gasteiger partial charge in [0.2, 0.25) is 0 Å². The fourth-order valence-electron chi connectivity index (χ4n) is 1.63. The van der Waals surface area contributed by atoms with Crippen LogP contribution in [0.1, 0.15) is 5.56 Å². The summed E-state index contributed by atoms with van der Waals surface area (Å²) in [6.45, 7) is 0.201. The van der Waals surface area contributed by atoms with Crippen molar-refractivity contribution in [3.63, 3.8) is 0 Å². The van der Waals surface area contributed by atoms with Gasteiger partial charge in [-0.1, -0.05) is 11.6 Å². The van der Waals surface area contributed by atoms with Crippen LogP contribution in [-0.2, 0) is 0 Å². The number of anilines is 1. The molecule has 0 fully saturated rings. The number of ether oxygens (including phenoxy) is 1. The minimum absolute atomic E-state index is 0.0343. The van der Waals surface area contributed by atoms with Gasteiger partial charge in [0.25, 0.3) is 0 Å². The number of benzene rings is 1. The number of rotatable bonds is 6. The van der Waals surface area contributed by atoms with Crippen LogP contribution in [0.15, 0.2) is 36.5 Å². The van der Waals surface area contributed by atoms with Crippen LogP contribution < -0.4 is 10.1 Å². The molecular weight excluding hydrogens is 309 g/mol. The maximum Gasteiger partial charge on any atom is 0.144 e. The van der Waals surface area contributed by atoms with Crippen LogP contribution in [0.3, 0.4) is 0 Å². The number of aliphatic hydroxyl groups excluding tert-OH is 1. The maximum absolute atomic E-state index is 12.7. The molecule has 0 aliphatic heterocycles. The first-order valence-corrected chi connectivity index (χ1v) is 6.82. The average Bonchev–Trinajstić information content (AvgIpc) is 2.53. The molecule has 0 saturated carbocycles. The lowest BCUT2D eigenvalue weighted by molar-refractivity contribution is 0.117. The Morgan fingerprint density at radius 2 is 2.14 bits per heavy atom. The molecule has 2 rings (SSSR count). The van der Waals surface area contributed by atoms with E-state index in [-0.39, 0.29) is 19.0 Å². The Bertz CT molecular complexity index is 673. The standard InChI is InChI=1S/C15H13ClFN3O2/c16-14-5-10(6-18)7-19-15(14)20-8-12(21)9-22-13-3-1-11(17)2-4-13/h1-5,7,12,21H,8-9H2,(H,19,20). The number of halogens is 2. The molecule has 0 bridgehead atoms. The molecule has 0 aliphatic carbocycles. The molecule has 114 valence electrons. The van der Waals surface area contributed by atoms with Crippen LogP contribution >= 0.6 is 11.6 Å². The quantitative estimate of drug-likeness (QED) is 0.855. The highest BCUT2D eigenvalue weighted by Crippen LogP contribution is 2.19. The van der Waals surface area contributed by atoms with Crippen molar-refractivity contribution < 1.29 is 14.2 Å². The Morgan fingerprint density at radius 1 is 1.41 bits per heavy atom. The van der Waals surface area contributed by atoms with E-state index >= 15 is 0 Å². The van der Waals surface area contributed by atoms with Crippen LogP contribution in [-0.4, -0.2) is 29.3 Å². The second kappa shape index (κ2) is 7.59. The molecule has 22 heavy (non-hydrogen) atoms. The number of aliphatic hydroxyl groups is 1. The van der Waals surface area contributed by atoms with Crippen molar-refractivity contribution in [1.82, 2.24) is 4.98 Å². The first-order valence-electron chi connectivity index (χ1n) is 6.44. The summed E-state index contributed by atoms with van der Waals surface area (Å²) in [6, 6.07) is 8.93. The largest absolute Gasteiger partial charge is 0.491 e. The van der Waals surface area contributed by atoms with Gasteiger partial charge in [-0.2, -0.15) is 5.26 Å². The number of hydrogen-bond donors (Lipinski definition) is 2. The molecule has 5 nitrogen and oxygen atoms in total. The van der Waals surface area contributed by atoms with E-state index in [0.717, 1.165) is 0 Å². The average molecular weight is 322 g/mol. The second-order valence-electron chi connectivity index (χ2n) is 4.47. The third kappa shape index (κ3) is 4.58. The van der Waals surface area contributed by atoms with E-state index < -0.39 is 6.10 Å². The molecule has 2 N–H and O–H groups in total. The van der Waals surface area contributed by atoms with Crippen molar-refractivity contribution >= 4 is 17.4 Å². The Hall–Kier alpha value is -2.36. The van der Waals surface area contributed by atoms with Gasteiger partial charge >= 0.3 is 0 Å². The number of nitrogens with one attached hydrogen (secondary N) is 1. The van der Waals surface area contributed by atoms with E-state index in [4.69, 9.17) is 21.6 Å². The molecule has 0 aliphatic rings. The fourth-order valence-corrected chi connectivity index (χ4v) is 1.86. The van der Waals surface area contributed by atoms with E-state index in [2.05, 4.69) is 10.3 Å². The molecule has 2 aromatic rings. The summed E-state index contributed by atoms with van der Waals surface area (Å²) in [5, 5.41) is 21.7. The minimum atomic E-state index is -0.807. The summed E-state index contributed by atoms with van der Waals surface area (Å²) in [5.74, 6) is 0.493. The smallest absolute Gasteiger partial charge is 0.144 e. The van der Waals surface area contributed by atoms with E-state index in [9.17, 15) is 9.50 Å². The molecule has 0 radical (unpaired) electrons. The predicted octanol–water partition coefficient (Wildman–Crippen LogP) is 2.60. The molecule has 1 aromatic carbocycles. The van der Waals surface area contributed by atoms with Gasteiger partial charge in [0.05, 0.1) is 10.6 Å². The molecule has 1 atom stereocenters. The van der Waals surface area contributed by atoms with E-state index in [1.807, 2.05) is 6.07 Å². The number of aromatic nitrogens is 1. The van der Waals surface area contributed by atoms with E-state index in [0.29, 0.717) is 22.2 Å². The summed E-state index contributed by atoms with van der Waals surface area (Å²) >= 11 is 5.95. The third-order valence-electron chi connectivity index (χ3n) is 2.73. The van der Waals surface area contributed by atoms with Gasteiger partial charge in [0.1, 0.15) is 36.2 Å².